The maximum Gasteiger partial charge on any atom is 0.222 e. The second-order valence-corrected chi connectivity index (χ2v) is 7.29. The van der Waals surface area contributed by atoms with E-state index in [-0.39, 0.29) is 29.9 Å². The van der Waals surface area contributed by atoms with Gasteiger partial charge in [0, 0.05) is 44.7 Å². The molecular formula is C22H28ClIN4O. The molecule has 0 radical (unpaired) electrons. The van der Waals surface area contributed by atoms with Crippen LogP contribution in [0.15, 0.2) is 53.5 Å². The normalized spacial score (nSPS) is 13.3. The molecule has 2 N–H and O–H groups in total. The molecule has 1 heterocycles. The molecule has 29 heavy (non-hydrogen) atoms. The standard InChI is InChI=1S/C22H27ClN4O.HI/c1-24-22(26-15-18-8-4-5-10-20(18)23)25-13-6-11-21(28)27-14-12-17-7-2-3-9-19(17)16-27;/h2-5,7-10H,6,11-16H2,1H3,(H2,24,25,26);1H. The van der Waals surface area contributed by atoms with Crippen LogP contribution in [0.5, 0.6) is 0 Å². The lowest BCUT2D eigenvalue weighted by atomic mass is 9.99. The number of fused-ring (bicyclic) bond motifs is 1. The van der Waals surface area contributed by atoms with Gasteiger partial charge in [0.2, 0.25) is 5.91 Å². The predicted octanol–water partition coefficient (Wildman–Crippen LogP) is 3.99. The molecule has 0 unspecified atom stereocenters. The number of hydrogen-bond donors (Lipinski definition) is 2. The summed E-state index contributed by atoms with van der Waals surface area (Å²) in [6, 6.07) is 16.1. The first kappa shape index (κ1) is 23.5. The van der Waals surface area contributed by atoms with E-state index in [1.54, 1.807) is 7.05 Å². The van der Waals surface area contributed by atoms with Crippen molar-refractivity contribution in [3.63, 3.8) is 0 Å². The van der Waals surface area contributed by atoms with Gasteiger partial charge in [0.1, 0.15) is 0 Å². The largest absolute Gasteiger partial charge is 0.356 e. The summed E-state index contributed by atoms with van der Waals surface area (Å²) in [6.07, 6.45) is 2.25. The highest BCUT2D eigenvalue weighted by molar-refractivity contribution is 14.0. The van der Waals surface area contributed by atoms with Crippen molar-refractivity contribution >= 4 is 47.4 Å². The fourth-order valence-corrected chi connectivity index (χ4v) is 3.56. The summed E-state index contributed by atoms with van der Waals surface area (Å²) in [4.78, 5) is 18.7. The molecule has 5 nitrogen and oxygen atoms in total. The van der Waals surface area contributed by atoms with Gasteiger partial charge in [-0.3, -0.25) is 9.79 Å². The van der Waals surface area contributed by atoms with Gasteiger partial charge in [-0.25, -0.2) is 0 Å². The van der Waals surface area contributed by atoms with Crippen LogP contribution in [0.1, 0.15) is 29.5 Å². The Morgan fingerprint density at radius 3 is 2.59 bits per heavy atom. The van der Waals surface area contributed by atoms with Crippen molar-refractivity contribution in [1.29, 1.82) is 0 Å². The molecule has 1 aliphatic heterocycles. The van der Waals surface area contributed by atoms with Crippen molar-refractivity contribution in [2.45, 2.75) is 32.4 Å². The fraction of sp³-hybridized carbons (Fsp3) is 0.364. The van der Waals surface area contributed by atoms with Gasteiger partial charge in [0.05, 0.1) is 0 Å². The van der Waals surface area contributed by atoms with E-state index >= 15 is 0 Å². The zero-order valence-electron chi connectivity index (χ0n) is 16.7. The van der Waals surface area contributed by atoms with Crippen LogP contribution >= 0.6 is 35.6 Å². The molecule has 156 valence electrons. The molecule has 0 fully saturated rings. The first-order valence-corrected chi connectivity index (χ1v) is 10.1. The van der Waals surface area contributed by atoms with Crippen molar-refractivity contribution in [3.05, 3.63) is 70.2 Å². The Morgan fingerprint density at radius 1 is 1.10 bits per heavy atom. The van der Waals surface area contributed by atoms with Gasteiger partial charge in [0.25, 0.3) is 0 Å². The molecule has 0 bridgehead atoms. The summed E-state index contributed by atoms with van der Waals surface area (Å²) in [6.45, 7) is 2.83. The summed E-state index contributed by atoms with van der Waals surface area (Å²) in [5.74, 6) is 0.926. The van der Waals surface area contributed by atoms with Crippen molar-refractivity contribution in [2.75, 3.05) is 20.1 Å². The number of carbonyl (C=O) groups is 1. The highest BCUT2D eigenvalue weighted by atomic mass is 127. The van der Waals surface area contributed by atoms with Crippen molar-refractivity contribution < 1.29 is 4.79 Å². The zero-order valence-corrected chi connectivity index (χ0v) is 19.7. The molecule has 0 saturated carbocycles. The Morgan fingerprint density at radius 2 is 1.83 bits per heavy atom. The van der Waals surface area contributed by atoms with Gasteiger partial charge in [-0.1, -0.05) is 54.1 Å². The second-order valence-electron chi connectivity index (χ2n) is 6.88. The highest BCUT2D eigenvalue weighted by Crippen LogP contribution is 2.19. The molecule has 0 atom stereocenters. The Kier molecular flexibility index (Phi) is 9.73. The number of hydrogen-bond acceptors (Lipinski definition) is 2. The molecular weight excluding hydrogens is 499 g/mol. The zero-order chi connectivity index (χ0) is 19.8. The summed E-state index contributed by atoms with van der Waals surface area (Å²) < 4.78 is 0. The average molecular weight is 527 g/mol. The Hall–Kier alpha value is -1.80. The maximum atomic E-state index is 12.5. The monoisotopic (exact) mass is 526 g/mol. The lowest BCUT2D eigenvalue weighted by Crippen LogP contribution is -2.38. The van der Waals surface area contributed by atoms with Gasteiger partial charge in [-0.2, -0.15) is 0 Å². The summed E-state index contributed by atoms with van der Waals surface area (Å²) >= 11 is 6.18. The van der Waals surface area contributed by atoms with E-state index in [0.29, 0.717) is 25.5 Å². The van der Waals surface area contributed by atoms with E-state index in [1.165, 1.54) is 11.1 Å². The number of guanidine groups is 1. The molecule has 0 spiro atoms. The van der Waals surface area contributed by atoms with Gasteiger partial charge >= 0.3 is 0 Å². The van der Waals surface area contributed by atoms with Crippen LogP contribution in [-0.4, -0.2) is 36.9 Å². The molecule has 1 aliphatic rings. The van der Waals surface area contributed by atoms with Gasteiger partial charge < -0.3 is 15.5 Å². The van der Waals surface area contributed by atoms with Gasteiger partial charge in [-0.15, -0.1) is 24.0 Å². The predicted molar refractivity (Wildman–Crippen MR) is 130 cm³/mol. The van der Waals surface area contributed by atoms with Crippen LogP contribution in [0.4, 0.5) is 0 Å². The summed E-state index contributed by atoms with van der Waals surface area (Å²) in [5, 5.41) is 7.24. The minimum absolute atomic E-state index is 0. The van der Waals surface area contributed by atoms with E-state index in [1.807, 2.05) is 35.2 Å². The summed E-state index contributed by atoms with van der Waals surface area (Å²) in [5.41, 5.74) is 3.65. The van der Waals surface area contributed by atoms with Crippen LogP contribution in [0.25, 0.3) is 0 Å². The smallest absolute Gasteiger partial charge is 0.222 e. The topological polar surface area (TPSA) is 56.7 Å². The Labute approximate surface area is 194 Å². The van der Waals surface area contributed by atoms with E-state index < -0.39 is 0 Å². The van der Waals surface area contributed by atoms with Crippen LogP contribution in [0.3, 0.4) is 0 Å². The van der Waals surface area contributed by atoms with Crippen molar-refractivity contribution in [2.24, 2.45) is 4.99 Å². The van der Waals surface area contributed by atoms with Gasteiger partial charge in [0.15, 0.2) is 5.96 Å². The minimum Gasteiger partial charge on any atom is -0.356 e. The first-order valence-electron chi connectivity index (χ1n) is 9.70. The third-order valence-electron chi connectivity index (χ3n) is 4.97. The third kappa shape index (κ3) is 6.89. The number of rotatable bonds is 6. The number of nitrogens with zero attached hydrogens (tertiary/aromatic N) is 2. The molecule has 2 aromatic carbocycles. The van der Waals surface area contributed by atoms with Crippen LogP contribution in [0, 0.1) is 0 Å². The molecule has 0 aromatic heterocycles. The molecule has 0 saturated heterocycles. The maximum absolute atomic E-state index is 12.5. The SMILES string of the molecule is CN=C(NCCCC(=O)N1CCc2ccccc2C1)NCc1ccccc1Cl.I. The van der Waals surface area contributed by atoms with E-state index in [9.17, 15) is 4.79 Å². The lowest BCUT2D eigenvalue weighted by molar-refractivity contribution is -0.132. The van der Waals surface area contributed by atoms with Crippen LogP contribution in [0.2, 0.25) is 5.02 Å². The average Bonchev–Trinajstić information content (AvgIpc) is 2.73. The number of amides is 1. The first-order chi connectivity index (χ1) is 13.7. The molecule has 1 amide bonds. The fourth-order valence-electron chi connectivity index (χ4n) is 3.35. The van der Waals surface area contributed by atoms with Gasteiger partial charge in [-0.05, 0) is 35.6 Å². The number of halogens is 2. The molecule has 2 aromatic rings. The molecule has 7 heteroatoms. The van der Waals surface area contributed by atoms with E-state index in [2.05, 4.69) is 33.8 Å². The molecule has 0 aliphatic carbocycles. The number of benzene rings is 2. The van der Waals surface area contributed by atoms with Crippen LogP contribution < -0.4 is 10.6 Å². The third-order valence-corrected chi connectivity index (χ3v) is 5.34. The Balaban J connectivity index is 0.00000300. The number of aliphatic imine (C=N–C) groups is 1. The molecule has 3 rings (SSSR count). The van der Waals surface area contributed by atoms with Crippen molar-refractivity contribution in [1.82, 2.24) is 15.5 Å². The number of nitrogens with one attached hydrogen (secondary N) is 2. The second kappa shape index (κ2) is 12.0. The number of carbonyl (C=O) groups excluding carboxylic acids is 1. The lowest BCUT2D eigenvalue weighted by Gasteiger charge is -2.29. The Bertz CT molecular complexity index is 843. The van der Waals surface area contributed by atoms with E-state index in [0.717, 1.165) is 36.5 Å². The highest BCUT2D eigenvalue weighted by Gasteiger charge is 2.19. The van der Waals surface area contributed by atoms with Crippen molar-refractivity contribution in [3.8, 4) is 0 Å². The minimum atomic E-state index is 0. The van der Waals surface area contributed by atoms with Crippen LogP contribution in [-0.2, 0) is 24.3 Å². The van der Waals surface area contributed by atoms with E-state index in [4.69, 9.17) is 11.6 Å². The quantitative estimate of drug-likeness (QED) is 0.259. The summed E-state index contributed by atoms with van der Waals surface area (Å²) in [7, 11) is 1.73.